The SMILES string of the molecule is CC(C)N(C)POCCC#N. The molecule has 0 radical (unpaired) electrons. The van der Waals surface area contributed by atoms with Crippen LogP contribution in [0.1, 0.15) is 20.3 Å². The summed E-state index contributed by atoms with van der Waals surface area (Å²) < 4.78 is 7.34. The van der Waals surface area contributed by atoms with Crippen molar-refractivity contribution in [3.63, 3.8) is 0 Å². The van der Waals surface area contributed by atoms with E-state index in [1.54, 1.807) is 0 Å². The van der Waals surface area contributed by atoms with Crippen molar-refractivity contribution in [1.29, 1.82) is 5.26 Å². The highest BCUT2D eigenvalue weighted by molar-refractivity contribution is 7.29. The van der Waals surface area contributed by atoms with Crippen molar-refractivity contribution < 1.29 is 4.52 Å². The van der Waals surface area contributed by atoms with E-state index in [2.05, 4.69) is 18.5 Å². The Hall–Kier alpha value is -0.160. The van der Waals surface area contributed by atoms with Gasteiger partial charge >= 0.3 is 0 Å². The predicted octanol–water partition coefficient (Wildman–Crippen LogP) is 1.77. The molecule has 0 amide bonds. The Morgan fingerprint density at radius 2 is 2.27 bits per heavy atom. The Labute approximate surface area is 70.3 Å². The molecule has 0 saturated heterocycles. The highest BCUT2D eigenvalue weighted by Gasteiger charge is 2.01. The van der Waals surface area contributed by atoms with Crippen LogP contribution in [-0.4, -0.2) is 24.4 Å². The minimum Gasteiger partial charge on any atom is -0.345 e. The van der Waals surface area contributed by atoms with E-state index in [4.69, 9.17) is 9.79 Å². The lowest BCUT2D eigenvalue weighted by molar-refractivity contribution is 0.325. The molecule has 1 atom stereocenters. The fraction of sp³-hybridized carbons (Fsp3) is 0.857. The van der Waals surface area contributed by atoms with Gasteiger partial charge in [0.05, 0.1) is 28.1 Å². The van der Waals surface area contributed by atoms with Crippen LogP contribution in [0.5, 0.6) is 0 Å². The minimum absolute atomic E-state index is 0.378. The molecule has 0 aromatic carbocycles. The highest BCUT2D eigenvalue weighted by atomic mass is 31.1. The maximum absolute atomic E-state index is 8.20. The average Bonchev–Trinajstić information content (AvgIpc) is 1.97. The van der Waals surface area contributed by atoms with Gasteiger partial charge in [0.15, 0.2) is 0 Å². The second-order valence-electron chi connectivity index (χ2n) is 2.55. The summed E-state index contributed by atoms with van der Waals surface area (Å²) in [7, 11) is 2.39. The van der Waals surface area contributed by atoms with E-state index in [9.17, 15) is 0 Å². The van der Waals surface area contributed by atoms with E-state index in [1.807, 2.05) is 13.1 Å². The Bertz CT molecular complexity index is 133. The van der Waals surface area contributed by atoms with Crippen LogP contribution in [-0.2, 0) is 4.52 Å². The second kappa shape index (κ2) is 6.54. The van der Waals surface area contributed by atoms with Crippen LogP contribution < -0.4 is 0 Å². The summed E-state index contributed by atoms with van der Waals surface area (Å²) in [4.78, 5) is 0. The average molecular weight is 174 g/mol. The molecule has 0 spiro atoms. The third-order valence-corrected chi connectivity index (χ3v) is 2.44. The number of hydrogen-bond acceptors (Lipinski definition) is 3. The summed E-state index contributed by atoms with van der Waals surface area (Å²) in [6.45, 7) is 4.77. The zero-order valence-electron chi connectivity index (χ0n) is 7.29. The van der Waals surface area contributed by atoms with E-state index in [1.165, 1.54) is 0 Å². The van der Waals surface area contributed by atoms with Crippen LogP contribution in [0.3, 0.4) is 0 Å². The van der Waals surface area contributed by atoms with Crippen molar-refractivity contribution in [2.75, 3.05) is 13.7 Å². The van der Waals surface area contributed by atoms with Crippen molar-refractivity contribution in [3.8, 4) is 6.07 Å². The third kappa shape index (κ3) is 6.25. The predicted molar refractivity (Wildman–Crippen MR) is 47.4 cm³/mol. The molecule has 11 heavy (non-hydrogen) atoms. The van der Waals surface area contributed by atoms with Gasteiger partial charge in [0.2, 0.25) is 0 Å². The lowest BCUT2D eigenvalue weighted by Gasteiger charge is -2.19. The largest absolute Gasteiger partial charge is 0.345 e. The zero-order chi connectivity index (χ0) is 8.69. The van der Waals surface area contributed by atoms with Crippen molar-refractivity contribution in [2.45, 2.75) is 26.3 Å². The molecular weight excluding hydrogens is 159 g/mol. The summed E-state index contributed by atoms with van der Waals surface area (Å²) in [5.74, 6) is 0. The molecule has 0 aromatic heterocycles. The maximum atomic E-state index is 8.20. The molecule has 0 aliphatic rings. The van der Waals surface area contributed by atoms with Crippen LogP contribution in [0.15, 0.2) is 0 Å². The summed E-state index contributed by atoms with van der Waals surface area (Å²) in [5.41, 5.74) is 0. The van der Waals surface area contributed by atoms with E-state index < -0.39 is 0 Å². The first-order chi connectivity index (χ1) is 5.18. The number of rotatable bonds is 5. The van der Waals surface area contributed by atoms with Gasteiger partial charge in [-0.1, -0.05) is 0 Å². The van der Waals surface area contributed by atoms with Gasteiger partial charge in [0.1, 0.15) is 0 Å². The number of hydrogen-bond donors (Lipinski definition) is 0. The molecule has 4 heteroatoms. The Morgan fingerprint density at radius 1 is 1.64 bits per heavy atom. The molecule has 0 N–H and O–H groups in total. The topological polar surface area (TPSA) is 36.3 Å². The van der Waals surface area contributed by atoms with Gasteiger partial charge in [0, 0.05) is 6.04 Å². The van der Waals surface area contributed by atoms with Crippen LogP contribution in [0, 0.1) is 11.3 Å². The van der Waals surface area contributed by atoms with Gasteiger partial charge in [-0.15, -0.1) is 0 Å². The maximum Gasteiger partial charge on any atom is 0.0889 e. The molecule has 0 fully saturated rings. The molecule has 1 unspecified atom stereocenters. The first-order valence-corrected chi connectivity index (χ1v) is 4.51. The van der Waals surface area contributed by atoms with E-state index >= 15 is 0 Å². The summed E-state index contributed by atoms with van der Waals surface area (Å²) in [6.07, 6.45) is 0.485. The lowest BCUT2D eigenvalue weighted by atomic mass is 10.4. The summed E-state index contributed by atoms with van der Waals surface area (Å²) >= 11 is 0. The molecule has 0 heterocycles. The van der Waals surface area contributed by atoms with Crippen molar-refractivity contribution in [3.05, 3.63) is 0 Å². The summed E-state index contributed by atoms with van der Waals surface area (Å²) in [5, 5.41) is 8.20. The molecule has 64 valence electrons. The molecule has 0 saturated carbocycles. The molecule has 0 bridgehead atoms. The molecular formula is C7H15N2OP. The quantitative estimate of drug-likeness (QED) is 0.470. The Balaban J connectivity index is 3.19. The van der Waals surface area contributed by atoms with Crippen molar-refractivity contribution in [1.82, 2.24) is 4.67 Å². The van der Waals surface area contributed by atoms with Gasteiger partial charge in [-0.25, -0.2) is 0 Å². The fourth-order valence-electron chi connectivity index (χ4n) is 0.350. The molecule has 0 aliphatic carbocycles. The van der Waals surface area contributed by atoms with E-state index in [0.29, 0.717) is 28.0 Å². The fourth-order valence-corrected chi connectivity index (χ4v) is 0.957. The third-order valence-electron chi connectivity index (χ3n) is 1.30. The standard InChI is InChI=1S/C7H15N2OP/c1-7(2)9(3)11-10-6-4-5-8/h7,11H,4,6H2,1-3H3. The van der Waals surface area contributed by atoms with Gasteiger partial charge in [0.25, 0.3) is 0 Å². The highest BCUT2D eigenvalue weighted by Crippen LogP contribution is 2.19. The van der Waals surface area contributed by atoms with Gasteiger partial charge in [-0.05, 0) is 20.9 Å². The Kier molecular flexibility index (Phi) is 6.45. The van der Waals surface area contributed by atoms with Crippen LogP contribution in [0.25, 0.3) is 0 Å². The van der Waals surface area contributed by atoms with Crippen LogP contribution in [0.4, 0.5) is 0 Å². The first kappa shape index (κ1) is 10.8. The monoisotopic (exact) mass is 174 g/mol. The van der Waals surface area contributed by atoms with Gasteiger partial charge in [-0.3, -0.25) is 4.67 Å². The molecule has 3 nitrogen and oxygen atoms in total. The Morgan fingerprint density at radius 3 is 2.73 bits per heavy atom. The van der Waals surface area contributed by atoms with E-state index in [0.717, 1.165) is 0 Å². The smallest absolute Gasteiger partial charge is 0.0889 e. The molecule has 0 aromatic rings. The van der Waals surface area contributed by atoms with Gasteiger partial charge < -0.3 is 4.52 Å². The van der Waals surface area contributed by atoms with Crippen LogP contribution in [0.2, 0.25) is 0 Å². The lowest BCUT2D eigenvalue weighted by Crippen LogP contribution is -2.17. The number of nitriles is 1. The first-order valence-electron chi connectivity index (χ1n) is 3.65. The van der Waals surface area contributed by atoms with Crippen molar-refractivity contribution >= 4 is 8.96 Å². The minimum atomic E-state index is 0.378. The molecule has 0 rings (SSSR count). The second-order valence-corrected chi connectivity index (χ2v) is 3.73. The zero-order valence-corrected chi connectivity index (χ0v) is 8.29. The van der Waals surface area contributed by atoms with Crippen LogP contribution >= 0.6 is 8.96 Å². The number of nitrogens with zero attached hydrogens (tertiary/aromatic N) is 2. The molecule has 0 aliphatic heterocycles. The van der Waals surface area contributed by atoms with Crippen molar-refractivity contribution in [2.24, 2.45) is 0 Å². The summed E-state index contributed by atoms with van der Waals surface area (Å²) in [6, 6.07) is 2.54. The normalized spacial score (nSPS) is 11.6. The van der Waals surface area contributed by atoms with Gasteiger partial charge in [-0.2, -0.15) is 5.26 Å². The van der Waals surface area contributed by atoms with E-state index in [-0.39, 0.29) is 0 Å².